The normalized spacial score (nSPS) is 11.4. The minimum absolute atomic E-state index is 0.0104. The van der Waals surface area contributed by atoms with Crippen LogP contribution in [-0.4, -0.2) is 0 Å². The number of hydrogen-bond acceptors (Lipinski definition) is 3. The maximum absolute atomic E-state index is 14.8. The van der Waals surface area contributed by atoms with Crippen molar-refractivity contribution in [3.63, 3.8) is 0 Å². The lowest BCUT2D eigenvalue weighted by molar-refractivity contribution is -0.137. The highest BCUT2D eigenvalue weighted by Gasteiger charge is 2.34. The number of halogens is 7. The standard InChI is InChI=1S/C20H10BrCl2F4NO2/c21-15-8-17(24)13(9-30-12-4-2-11(22)3-5-12)18(19(15)28-29)10-1-6-16(23)14(7-10)20(25,26)27/h1-8H,9H2. The molecule has 0 aliphatic carbocycles. The predicted octanol–water partition coefficient (Wildman–Crippen LogP) is 8.56. The van der Waals surface area contributed by atoms with Crippen LogP contribution in [0.5, 0.6) is 5.75 Å². The quantitative estimate of drug-likeness (QED) is 0.248. The van der Waals surface area contributed by atoms with Crippen LogP contribution in [0, 0.1) is 10.7 Å². The summed E-state index contributed by atoms with van der Waals surface area (Å²) in [6.45, 7) is -0.372. The molecule has 3 aromatic rings. The molecule has 10 heteroatoms. The molecule has 0 heterocycles. The smallest absolute Gasteiger partial charge is 0.417 e. The first-order valence-corrected chi connectivity index (χ1v) is 9.76. The fourth-order valence-corrected chi connectivity index (χ4v) is 3.60. The van der Waals surface area contributed by atoms with Crippen LogP contribution in [0.15, 0.2) is 58.2 Å². The monoisotopic (exact) mass is 521 g/mol. The lowest BCUT2D eigenvalue weighted by Gasteiger charge is -2.17. The third-order valence-corrected chi connectivity index (χ3v) is 5.34. The number of nitrogens with zero attached hydrogens (tertiary/aromatic N) is 1. The summed E-state index contributed by atoms with van der Waals surface area (Å²) in [6, 6.07) is 10.2. The Labute approximate surface area is 186 Å². The molecule has 0 unspecified atom stereocenters. The van der Waals surface area contributed by atoms with Crippen molar-refractivity contribution < 1.29 is 22.3 Å². The molecule has 156 valence electrons. The number of ether oxygens (including phenoxy) is 1. The molecule has 0 fully saturated rings. The van der Waals surface area contributed by atoms with Gasteiger partial charge in [0.15, 0.2) is 0 Å². The number of nitroso groups, excluding NO2 is 1. The third-order valence-electron chi connectivity index (χ3n) is 4.16. The van der Waals surface area contributed by atoms with Gasteiger partial charge < -0.3 is 4.74 Å². The molecule has 3 aromatic carbocycles. The first-order valence-electron chi connectivity index (χ1n) is 8.21. The van der Waals surface area contributed by atoms with Gasteiger partial charge in [-0.2, -0.15) is 13.2 Å². The summed E-state index contributed by atoms with van der Waals surface area (Å²) in [6.07, 6.45) is -4.74. The van der Waals surface area contributed by atoms with Crippen molar-refractivity contribution in [2.24, 2.45) is 5.18 Å². The zero-order valence-corrected chi connectivity index (χ0v) is 17.8. The second-order valence-electron chi connectivity index (χ2n) is 6.07. The Morgan fingerprint density at radius 3 is 2.30 bits per heavy atom. The molecule has 0 amide bonds. The molecule has 30 heavy (non-hydrogen) atoms. The number of benzene rings is 3. The van der Waals surface area contributed by atoms with Gasteiger partial charge in [0, 0.05) is 16.1 Å². The van der Waals surface area contributed by atoms with Crippen molar-refractivity contribution in [1.29, 1.82) is 0 Å². The fraction of sp³-hybridized carbons (Fsp3) is 0.100. The number of rotatable bonds is 5. The molecule has 0 saturated heterocycles. The maximum Gasteiger partial charge on any atom is 0.417 e. The second kappa shape index (κ2) is 8.91. The highest BCUT2D eigenvalue weighted by atomic mass is 79.9. The van der Waals surface area contributed by atoms with Crippen molar-refractivity contribution in [3.05, 3.63) is 84.9 Å². The van der Waals surface area contributed by atoms with Crippen LogP contribution in [0.3, 0.4) is 0 Å². The lowest BCUT2D eigenvalue weighted by Crippen LogP contribution is -2.07. The van der Waals surface area contributed by atoms with Crippen LogP contribution in [0.25, 0.3) is 11.1 Å². The summed E-state index contributed by atoms with van der Waals surface area (Å²) in [5.74, 6) is -0.442. The summed E-state index contributed by atoms with van der Waals surface area (Å²) in [4.78, 5) is 11.4. The Bertz CT molecular complexity index is 1110. The van der Waals surface area contributed by atoms with Gasteiger partial charge in [0.1, 0.15) is 23.9 Å². The maximum atomic E-state index is 14.8. The fourth-order valence-electron chi connectivity index (χ4n) is 2.77. The molecule has 0 aliphatic rings. The first-order chi connectivity index (χ1) is 14.1. The Kier molecular flexibility index (Phi) is 6.69. The third kappa shape index (κ3) is 4.77. The van der Waals surface area contributed by atoms with E-state index in [9.17, 15) is 22.5 Å². The molecule has 0 N–H and O–H groups in total. The van der Waals surface area contributed by atoms with E-state index in [1.807, 2.05) is 0 Å². The Hall–Kier alpha value is -2.16. The van der Waals surface area contributed by atoms with Crippen molar-refractivity contribution in [1.82, 2.24) is 0 Å². The van der Waals surface area contributed by atoms with E-state index in [2.05, 4.69) is 21.1 Å². The minimum Gasteiger partial charge on any atom is -0.489 e. The van der Waals surface area contributed by atoms with Crippen LogP contribution in [0.1, 0.15) is 11.1 Å². The topological polar surface area (TPSA) is 38.7 Å². The van der Waals surface area contributed by atoms with E-state index < -0.39 is 22.6 Å². The summed E-state index contributed by atoms with van der Waals surface area (Å²) in [5.41, 5.74) is -1.74. The van der Waals surface area contributed by atoms with Crippen molar-refractivity contribution in [3.8, 4) is 16.9 Å². The summed E-state index contributed by atoms with van der Waals surface area (Å²) >= 11 is 14.5. The van der Waals surface area contributed by atoms with Gasteiger partial charge in [-0.3, -0.25) is 0 Å². The Morgan fingerprint density at radius 2 is 1.70 bits per heavy atom. The largest absolute Gasteiger partial charge is 0.489 e. The van der Waals surface area contributed by atoms with Gasteiger partial charge in [0.2, 0.25) is 0 Å². The molecular formula is C20H10BrCl2F4NO2. The summed E-state index contributed by atoms with van der Waals surface area (Å²) in [5, 5.41) is 2.82. The molecule has 0 saturated carbocycles. The van der Waals surface area contributed by atoms with E-state index in [0.717, 1.165) is 18.2 Å². The summed E-state index contributed by atoms with van der Waals surface area (Å²) in [7, 11) is 0. The average molecular weight is 523 g/mol. The van der Waals surface area contributed by atoms with E-state index in [0.29, 0.717) is 10.8 Å². The van der Waals surface area contributed by atoms with Crippen LogP contribution in [0.2, 0.25) is 10.0 Å². The minimum atomic E-state index is -4.74. The molecule has 3 nitrogen and oxygen atoms in total. The number of hydrogen-bond donors (Lipinski definition) is 0. The molecular weight excluding hydrogens is 513 g/mol. The van der Waals surface area contributed by atoms with Crippen molar-refractivity contribution in [2.75, 3.05) is 0 Å². The van der Waals surface area contributed by atoms with Gasteiger partial charge in [-0.1, -0.05) is 29.3 Å². The summed E-state index contributed by atoms with van der Waals surface area (Å²) < 4.78 is 60.2. The zero-order chi connectivity index (χ0) is 22.1. The van der Waals surface area contributed by atoms with Crippen LogP contribution < -0.4 is 4.74 Å². The van der Waals surface area contributed by atoms with Gasteiger partial charge in [-0.05, 0) is 69.1 Å². The Balaban J connectivity index is 2.15. The highest BCUT2D eigenvalue weighted by Crippen LogP contribution is 2.44. The van der Waals surface area contributed by atoms with E-state index >= 15 is 0 Å². The van der Waals surface area contributed by atoms with E-state index in [-0.39, 0.29) is 33.5 Å². The van der Waals surface area contributed by atoms with E-state index in [1.165, 1.54) is 6.07 Å². The molecule has 0 aromatic heterocycles. The average Bonchev–Trinajstić information content (AvgIpc) is 2.67. The van der Waals surface area contributed by atoms with E-state index in [4.69, 9.17) is 27.9 Å². The molecule has 0 aliphatic heterocycles. The van der Waals surface area contributed by atoms with Gasteiger partial charge >= 0.3 is 6.18 Å². The van der Waals surface area contributed by atoms with Crippen LogP contribution >= 0.6 is 39.1 Å². The molecule has 0 radical (unpaired) electrons. The number of alkyl halides is 3. The molecule has 0 atom stereocenters. The van der Waals surface area contributed by atoms with Crippen LogP contribution in [-0.2, 0) is 12.8 Å². The second-order valence-corrected chi connectivity index (χ2v) is 7.77. The van der Waals surface area contributed by atoms with Gasteiger partial charge in [-0.15, -0.1) is 4.91 Å². The predicted molar refractivity (Wildman–Crippen MR) is 111 cm³/mol. The molecule has 0 spiro atoms. The molecule has 0 bridgehead atoms. The van der Waals surface area contributed by atoms with Gasteiger partial charge in [0.25, 0.3) is 0 Å². The Morgan fingerprint density at radius 1 is 1.03 bits per heavy atom. The van der Waals surface area contributed by atoms with Crippen LogP contribution in [0.4, 0.5) is 23.2 Å². The zero-order valence-electron chi connectivity index (χ0n) is 14.7. The highest BCUT2D eigenvalue weighted by molar-refractivity contribution is 9.10. The molecule has 3 rings (SSSR count). The van der Waals surface area contributed by atoms with E-state index in [1.54, 1.807) is 24.3 Å². The first kappa shape index (κ1) is 22.5. The van der Waals surface area contributed by atoms with Gasteiger partial charge in [0.05, 0.1) is 15.1 Å². The van der Waals surface area contributed by atoms with Crippen molar-refractivity contribution >= 4 is 44.8 Å². The van der Waals surface area contributed by atoms with Crippen molar-refractivity contribution in [2.45, 2.75) is 12.8 Å². The SMILES string of the molecule is O=Nc1c(Br)cc(F)c(COc2ccc(Cl)cc2)c1-c1ccc(Cl)c(C(F)(F)F)c1. The van der Waals surface area contributed by atoms with Gasteiger partial charge in [-0.25, -0.2) is 4.39 Å². The lowest BCUT2D eigenvalue weighted by atomic mass is 9.96.